The van der Waals surface area contributed by atoms with Crippen molar-refractivity contribution >= 4 is 5.91 Å². The fourth-order valence-electron chi connectivity index (χ4n) is 2.49. The van der Waals surface area contributed by atoms with Crippen molar-refractivity contribution in [3.05, 3.63) is 0 Å². The Kier molecular flexibility index (Phi) is 6.14. The van der Waals surface area contributed by atoms with Gasteiger partial charge in [-0.3, -0.25) is 4.79 Å². The highest BCUT2D eigenvalue weighted by Crippen LogP contribution is 2.27. The van der Waals surface area contributed by atoms with Gasteiger partial charge in [0.05, 0.1) is 12.2 Å². The number of hydrogen-bond donors (Lipinski definition) is 0. The van der Waals surface area contributed by atoms with E-state index >= 15 is 0 Å². The predicted octanol–water partition coefficient (Wildman–Crippen LogP) is 2.34. The van der Waals surface area contributed by atoms with E-state index in [1.165, 1.54) is 17.7 Å². The summed E-state index contributed by atoms with van der Waals surface area (Å²) in [6.45, 7) is 4.31. The minimum absolute atomic E-state index is 0.0720. The van der Waals surface area contributed by atoms with Crippen LogP contribution in [0.25, 0.3) is 0 Å². The largest absolute Gasteiger partial charge is 0.365 e. The van der Waals surface area contributed by atoms with E-state index in [4.69, 9.17) is 10.00 Å². The van der Waals surface area contributed by atoms with E-state index in [1.807, 2.05) is 13.0 Å². The number of nitriles is 1. The predicted molar refractivity (Wildman–Crippen MR) is 69.8 cm³/mol. The van der Waals surface area contributed by atoms with Gasteiger partial charge >= 0.3 is 0 Å². The fraction of sp³-hybridized carbons (Fsp3) is 0.857. The van der Waals surface area contributed by atoms with E-state index in [9.17, 15) is 4.79 Å². The van der Waals surface area contributed by atoms with Crippen LogP contribution in [0, 0.1) is 17.2 Å². The molecule has 0 heterocycles. The Hall–Kier alpha value is -1.08. The summed E-state index contributed by atoms with van der Waals surface area (Å²) in [4.78, 5) is 13.5. The maximum Gasteiger partial charge on any atom is 0.252 e. The monoisotopic (exact) mass is 252 g/mol. The molecule has 0 radical (unpaired) electrons. The van der Waals surface area contributed by atoms with Crippen molar-refractivity contribution in [2.45, 2.75) is 58.2 Å². The number of nitrogens with zero attached hydrogens (tertiary/aromatic N) is 2. The Bertz CT molecular complexity index is 311. The van der Waals surface area contributed by atoms with E-state index < -0.39 is 6.10 Å². The molecule has 0 aromatic heterocycles. The Morgan fingerprint density at radius 3 is 2.83 bits per heavy atom. The van der Waals surface area contributed by atoms with E-state index in [1.54, 1.807) is 7.05 Å². The molecule has 18 heavy (non-hydrogen) atoms. The molecule has 0 saturated heterocycles. The zero-order valence-electron chi connectivity index (χ0n) is 11.7. The molecule has 0 spiro atoms. The van der Waals surface area contributed by atoms with Crippen LogP contribution in [-0.2, 0) is 9.53 Å². The van der Waals surface area contributed by atoms with Crippen molar-refractivity contribution in [2.75, 3.05) is 13.6 Å². The summed E-state index contributed by atoms with van der Waals surface area (Å²) in [6, 6.07) is 1.99. The van der Waals surface area contributed by atoms with Gasteiger partial charge in [0.1, 0.15) is 12.6 Å². The lowest BCUT2D eigenvalue weighted by Gasteiger charge is -2.31. The summed E-state index contributed by atoms with van der Waals surface area (Å²) >= 11 is 0. The van der Waals surface area contributed by atoms with Gasteiger partial charge in [-0.1, -0.05) is 26.7 Å². The van der Waals surface area contributed by atoms with Crippen LogP contribution in [0.1, 0.15) is 46.0 Å². The molecule has 1 saturated carbocycles. The van der Waals surface area contributed by atoms with Crippen molar-refractivity contribution in [3.8, 4) is 6.07 Å². The second-order valence-electron chi connectivity index (χ2n) is 5.28. The summed E-state index contributed by atoms with van der Waals surface area (Å²) in [5, 5.41) is 8.61. The highest BCUT2D eigenvalue weighted by atomic mass is 16.5. The molecule has 1 aliphatic carbocycles. The SMILES string of the molecule is CCC(OC1CCCC(C)C1)C(=O)N(C)CC#N. The molecule has 4 heteroatoms. The van der Waals surface area contributed by atoms with Crippen LogP contribution in [0.15, 0.2) is 0 Å². The van der Waals surface area contributed by atoms with Gasteiger partial charge < -0.3 is 9.64 Å². The molecule has 0 N–H and O–H groups in total. The number of rotatable bonds is 5. The molecule has 1 amide bonds. The zero-order valence-corrected chi connectivity index (χ0v) is 11.7. The van der Waals surface area contributed by atoms with Crippen LogP contribution >= 0.6 is 0 Å². The number of likely N-dealkylation sites (N-methyl/N-ethyl adjacent to an activating group) is 1. The third-order valence-corrected chi connectivity index (χ3v) is 3.58. The van der Waals surface area contributed by atoms with Crippen LogP contribution in [0.4, 0.5) is 0 Å². The third kappa shape index (κ3) is 4.30. The van der Waals surface area contributed by atoms with E-state index in [2.05, 4.69) is 6.92 Å². The maximum atomic E-state index is 12.1. The van der Waals surface area contributed by atoms with Gasteiger partial charge in [0, 0.05) is 7.05 Å². The first kappa shape index (κ1) is 15.0. The highest BCUT2D eigenvalue weighted by Gasteiger charge is 2.27. The van der Waals surface area contributed by atoms with Gasteiger partial charge in [0.2, 0.25) is 0 Å². The van der Waals surface area contributed by atoms with Crippen LogP contribution in [0.3, 0.4) is 0 Å². The lowest BCUT2D eigenvalue weighted by atomic mass is 9.88. The first-order chi connectivity index (χ1) is 8.58. The Balaban J connectivity index is 2.50. The quantitative estimate of drug-likeness (QED) is 0.706. The van der Waals surface area contributed by atoms with Crippen molar-refractivity contribution < 1.29 is 9.53 Å². The Morgan fingerprint density at radius 2 is 2.28 bits per heavy atom. The molecule has 3 atom stereocenters. The summed E-state index contributed by atoms with van der Waals surface area (Å²) in [5.41, 5.74) is 0. The summed E-state index contributed by atoms with van der Waals surface area (Å²) in [7, 11) is 1.65. The lowest BCUT2D eigenvalue weighted by molar-refractivity contribution is -0.147. The number of amides is 1. The van der Waals surface area contributed by atoms with Crippen molar-refractivity contribution in [2.24, 2.45) is 5.92 Å². The smallest absolute Gasteiger partial charge is 0.252 e. The van der Waals surface area contributed by atoms with Crippen LogP contribution in [-0.4, -0.2) is 36.6 Å². The lowest BCUT2D eigenvalue weighted by Crippen LogP contribution is -2.40. The van der Waals surface area contributed by atoms with Gasteiger partial charge in [-0.2, -0.15) is 5.26 Å². The van der Waals surface area contributed by atoms with E-state index in [-0.39, 0.29) is 18.6 Å². The molecule has 0 aromatic rings. The number of carbonyl (C=O) groups excluding carboxylic acids is 1. The average Bonchev–Trinajstić information content (AvgIpc) is 2.35. The van der Waals surface area contributed by atoms with E-state index in [0.29, 0.717) is 12.3 Å². The third-order valence-electron chi connectivity index (χ3n) is 3.58. The first-order valence-electron chi connectivity index (χ1n) is 6.85. The minimum Gasteiger partial charge on any atom is -0.365 e. The fourth-order valence-corrected chi connectivity index (χ4v) is 2.49. The van der Waals surface area contributed by atoms with Gasteiger partial charge in [-0.05, 0) is 25.2 Å². The van der Waals surface area contributed by atoms with Gasteiger partial charge in [0.15, 0.2) is 0 Å². The second-order valence-corrected chi connectivity index (χ2v) is 5.28. The summed E-state index contributed by atoms with van der Waals surface area (Å²) < 4.78 is 5.94. The highest BCUT2D eigenvalue weighted by molar-refractivity contribution is 5.80. The van der Waals surface area contributed by atoms with Gasteiger partial charge in [-0.15, -0.1) is 0 Å². The maximum absolute atomic E-state index is 12.1. The molecule has 102 valence electrons. The Labute approximate surface area is 110 Å². The average molecular weight is 252 g/mol. The van der Waals surface area contributed by atoms with Gasteiger partial charge in [0.25, 0.3) is 5.91 Å². The van der Waals surface area contributed by atoms with Crippen molar-refractivity contribution in [1.29, 1.82) is 5.26 Å². The molecule has 3 unspecified atom stereocenters. The number of ether oxygens (including phenoxy) is 1. The first-order valence-corrected chi connectivity index (χ1v) is 6.85. The van der Waals surface area contributed by atoms with Crippen LogP contribution < -0.4 is 0 Å². The molecular weight excluding hydrogens is 228 g/mol. The topological polar surface area (TPSA) is 53.3 Å². The molecule has 4 nitrogen and oxygen atoms in total. The molecular formula is C14H24N2O2. The zero-order chi connectivity index (χ0) is 13.5. The van der Waals surface area contributed by atoms with Crippen LogP contribution in [0.2, 0.25) is 0 Å². The molecule has 0 aliphatic heterocycles. The standard InChI is InChI=1S/C14H24N2O2/c1-4-13(14(17)16(3)9-8-15)18-12-7-5-6-11(2)10-12/h11-13H,4-7,9-10H2,1-3H3. The number of carbonyl (C=O) groups is 1. The molecule has 1 aliphatic rings. The van der Waals surface area contributed by atoms with E-state index in [0.717, 1.165) is 12.8 Å². The van der Waals surface area contributed by atoms with Gasteiger partial charge in [-0.25, -0.2) is 0 Å². The Morgan fingerprint density at radius 1 is 1.56 bits per heavy atom. The van der Waals surface area contributed by atoms with Crippen molar-refractivity contribution in [1.82, 2.24) is 4.90 Å². The number of hydrogen-bond acceptors (Lipinski definition) is 3. The van der Waals surface area contributed by atoms with Crippen molar-refractivity contribution in [3.63, 3.8) is 0 Å². The normalized spacial score (nSPS) is 25.2. The summed E-state index contributed by atoms with van der Waals surface area (Å²) in [6.07, 6.45) is 5.03. The molecule has 0 bridgehead atoms. The molecule has 1 rings (SSSR count). The second kappa shape index (κ2) is 7.38. The van der Waals surface area contributed by atoms with Crippen LogP contribution in [0.5, 0.6) is 0 Å². The molecule has 1 fully saturated rings. The summed E-state index contributed by atoms with van der Waals surface area (Å²) in [5.74, 6) is 0.616. The molecule has 0 aromatic carbocycles. The minimum atomic E-state index is -0.390.